The van der Waals surface area contributed by atoms with Gasteiger partial charge in [0, 0.05) is 25.7 Å². The zero-order valence-electron chi connectivity index (χ0n) is 16.3. The van der Waals surface area contributed by atoms with Crippen LogP contribution in [0.5, 0.6) is 0 Å². The molecule has 0 saturated carbocycles. The Balaban J connectivity index is 1.82. The number of carboxylic acid groups (broad SMARTS) is 1. The number of hydrogen-bond donors (Lipinski definition) is 1. The largest absolute Gasteiger partial charge is 0.477 e. The van der Waals surface area contributed by atoms with Crippen molar-refractivity contribution in [3.05, 3.63) is 47.2 Å². The first-order valence-electron chi connectivity index (χ1n) is 9.31. The summed E-state index contributed by atoms with van der Waals surface area (Å²) in [5, 5.41) is 9.22. The normalized spacial score (nSPS) is 24.2. The molecule has 2 atom stereocenters. The van der Waals surface area contributed by atoms with Crippen molar-refractivity contribution in [3.8, 4) is 0 Å². The zero-order chi connectivity index (χ0) is 20.5. The number of aliphatic carboxylic acids is 1. The van der Waals surface area contributed by atoms with Gasteiger partial charge in [0.05, 0.1) is 0 Å². The summed E-state index contributed by atoms with van der Waals surface area (Å²) in [6.07, 6.45) is 0.784. The standard InChI is InChI=1S/C21H25NO5S/c1-13(2)9-15-12-28-20-21(27-3,19(26)22(20)17(15)18(24)25)11-16(23)10-14-7-5-4-6-8-14/h4-8,13,20H,9-12H2,1-3H3,(H,24,25). The minimum atomic E-state index is -1.29. The number of carbonyl (C=O) groups is 3. The molecule has 2 unspecified atom stereocenters. The van der Waals surface area contributed by atoms with E-state index in [1.165, 1.54) is 23.8 Å². The number of thioether (sulfide) groups is 1. The summed E-state index contributed by atoms with van der Waals surface area (Å²) in [7, 11) is 1.42. The number of rotatable bonds is 8. The molecule has 2 aliphatic heterocycles. The van der Waals surface area contributed by atoms with Gasteiger partial charge in [0.1, 0.15) is 16.9 Å². The van der Waals surface area contributed by atoms with Crippen molar-refractivity contribution in [1.82, 2.24) is 4.90 Å². The number of ether oxygens (including phenoxy) is 1. The molecule has 0 radical (unpaired) electrons. The third kappa shape index (κ3) is 3.61. The number of β-lactam (4-membered cyclic amide) rings is 1. The Morgan fingerprint density at radius 1 is 1.32 bits per heavy atom. The summed E-state index contributed by atoms with van der Waals surface area (Å²) in [5.41, 5.74) is 0.410. The Labute approximate surface area is 168 Å². The quantitative estimate of drug-likeness (QED) is 0.672. The number of benzene rings is 1. The Hall–Kier alpha value is -2.12. The number of ketones is 1. The number of nitrogens with zero attached hydrogens (tertiary/aromatic N) is 1. The lowest BCUT2D eigenvalue weighted by Crippen LogP contribution is -2.75. The van der Waals surface area contributed by atoms with E-state index < -0.39 is 22.9 Å². The molecular formula is C21H25NO5S. The van der Waals surface area contributed by atoms with Crippen LogP contribution in [0.25, 0.3) is 0 Å². The highest BCUT2D eigenvalue weighted by atomic mass is 32.2. The second-order valence-electron chi connectivity index (χ2n) is 7.67. The number of carbonyl (C=O) groups excluding carboxylic acids is 2. The molecule has 6 nitrogen and oxygen atoms in total. The Morgan fingerprint density at radius 2 is 2.00 bits per heavy atom. The second-order valence-corrected chi connectivity index (χ2v) is 8.73. The van der Waals surface area contributed by atoms with E-state index in [2.05, 4.69) is 0 Å². The molecule has 1 amide bonds. The Kier molecular flexibility index (Phi) is 5.95. The second kappa shape index (κ2) is 8.09. The van der Waals surface area contributed by atoms with Crippen molar-refractivity contribution < 1.29 is 24.2 Å². The van der Waals surface area contributed by atoms with Gasteiger partial charge in [-0.1, -0.05) is 44.2 Å². The van der Waals surface area contributed by atoms with Crippen LogP contribution in [0.15, 0.2) is 41.6 Å². The number of carboxylic acids is 1. The average Bonchev–Trinajstić information content (AvgIpc) is 2.65. The lowest BCUT2D eigenvalue weighted by molar-refractivity contribution is -0.186. The van der Waals surface area contributed by atoms with Gasteiger partial charge in [-0.15, -0.1) is 11.8 Å². The Morgan fingerprint density at radius 3 is 2.57 bits per heavy atom. The molecule has 2 heterocycles. The summed E-state index contributed by atoms with van der Waals surface area (Å²) < 4.78 is 5.56. The van der Waals surface area contributed by atoms with Crippen LogP contribution < -0.4 is 0 Å². The summed E-state index contributed by atoms with van der Waals surface area (Å²) in [4.78, 5) is 38.8. The molecule has 1 N–H and O–H groups in total. The third-order valence-electron chi connectivity index (χ3n) is 5.13. The van der Waals surface area contributed by atoms with Crippen molar-refractivity contribution in [2.75, 3.05) is 12.9 Å². The van der Waals surface area contributed by atoms with Crippen LogP contribution in [0.1, 0.15) is 32.3 Å². The molecular weight excluding hydrogens is 378 g/mol. The van der Waals surface area contributed by atoms with Gasteiger partial charge in [-0.2, -0.15) is 0 Å². The fourth-order valence-corrected chi connectivity index (χ4v) is 5.42. The third-order valence-corrected chi connectivity index (χ3v) is 6.55. The van der Waals surface area contributed by atoms with Crippen LogP contribution in [0.3, 0.4) is 0 Å². The highest BCUT2D eigenvalue weighted by molar-refractivity contribution is 8.00. The molecule has 0 spiro atoms. The van der Waals surface area contributed by atoms with Gasteiger partial charge in [0.15, 0.2) is 5.60 Å². The van der Waals surface area contributed by atoms with Gasteiger partial charge in [0.2, 0.25) is 0 Å². The lowest BCUT2D eigenvalue weighted by atomic mass is 9.83. The van der Waals surface area contributed by atoms with Crippen molar-refractivity contribution in [2.45, 2.75) is 44.1 Å². The Bertz CT molecular complexity index is 819. The number of Topliss-reactive ketones (excluding diaryl/α,β-unsaturated/α-hetero) is 1. The lowest BCUT2D eigenvalue weighted by Gasteiger charge is -2.56. The fourth-order valence-electron chi connectivity index (χ4n) is 3.91. The van der Waals surface area contributed by atoms with E-state index >= 15 is 0 Å². The van der Waals surface area contributed by atoms with Gasteiger partial charge in [-0.25, -0.2) is 4.79 Å². The minimum absolute atomic E-state index is 0.0577. The van der Waals surface area contributed by atoms with E-state index in [1.807, 2.05) is 44.2 Å². The van der Waals surface area contributed by atoms with Crippen molar-refractivity contribution >= 4 is 29.4 Å². The number of hydrogen-bond acceptors (Lipinski definition) is 5. The molecule has 28 heavy (non-hydrogen) atoms. The van der Waals surface area contributed by atoms with Crippen LogP contribution in [0, 0.1) is 5.92 Å². The van der Waals surface area contributed by atoms with E-state index in [1.54, 1.807) is 0 Å². The van der Waals surface area contributed by atoms with Crippen LogP contribution in [-0.4, -0.2) is 51.5 Å². The van der Waals surface area contributed by atoms with E-state index in [9.17, 15) is 19.5 Å². The fraction of sp³-hybridized carbons (Fsp3) is 0.476. The molecule has 0 aromatic heterocycles. The summed E-state index contributed by atoms with van der Waals surface area (Å²) in [5.74, 6) is -0.832. The van der Waals surface area contributed by atoms with Crippen LogP contribution in [-0.2, 0) is 25.5 Å². The van der Waals surface area contributed by atoms with E-state index in [0.29, 0.717) is 12.2 Å². The predicted octanol–water partition coefficient (Wildman–Crippen LogP) is 2.87. The molecule has 3 rings (SSSR count). The van der Waals surface area contributed by atoms with Gasteiger partial charge < -0.3 is 9.84 Å². The average molecular weight is 404 g/mol. The van der Waals surface area contributed by atoms with Gasteiger partial charge in [-0.05, 0) is 23.5 Å². The first-order chi connectivity index (χ1) is 13.3. The van der Waals surface area contributed by atoms with Crippen molar-refractivity contribution in [3.63, 3.8) is 0 Å². The molecule has 0 aliphatic carbocycles. The zero-order valence-corrected chi connectivity index (χ0v) is 17.1. The molecule has 0 bridgehead atoms. The van der Waals surface area contributed by atoms with E-state index in [-0.39, 0.29) is 30.2 Å². The van der Waals surface area contributed by atoms with Gasteiger partial charge in [-0.3, -0.25) is 14.5 Å². The first kappa shape index (κ1) is 20.6. The molecule has 1 saturated heterocycles. The first-order valence-corrected chi connectivity index (χ1v) is 10.4. The number of amides is 1. The number of methoxy groups -OCH3 is 1. The maximum atomic E-state index is 13.0. The van der Waals surface area contributed by atoms with Crippen LogP contribution >= 0.6 is 11.8 Å². The van der Waals surface area contributed by atoms with E-state index in [0.717, 1.165) is 11.1 Å². The van der Waals surface area contributed by atoms with E-state index in [4.69, 9.17) is 4.74 Å². The SMILES string of the molecule is COC1(CC(=O)Cc2ccccc2)C(=O)N2C(C(=O)O)=C(CC(C)C)CSC21. The van der Waals surface area contributed by atoms with Crippen LogP contribution in [0.2, 0.25) is 0 Å². The molecule has 1 aromatic carbocycles. The topological polar surface area (TPSA) is 83.9 Å². The highest BCUT2D eigenvalue weighted by Crippen LogP contribution is 2.50. The monoisotopic (exact) mass is 403 g/mol. The van der Waals surface area contributed by atoms with Crippen molar-refractivity contribution in [2.24, 2.45) is 5.92 Å². The summed E-state index contributed by atoms with van der Waals surface area (Å²) in [6, 6.07) is 9.34. The highest BCUT2D eigenvalue weighted by Gasteiger charge is 2.65. The van der Waals surface area contributed by atoms with Crippen LogP contribution in [0.4, 0.5) is 0 Å². The van der Waals surface area contributed by atoms with Gasteiger partial charge >= 0.3 is 5.97 Å². The molecule has 150 valence electrons. The summed E-state index contributed by atoms with van der Waals surface area (Å²) in [6.45, 7) is 4.03. The number of fused-ring (bicyclic) bond motifs is 1. The summed E-state index contributed by atoms with van der Waals surface area (Å²) >= 11 is 1.47. The smallest absolute Gasteiger partial charge is 0.352 e. The molecule has 1 aromatic rings. The minimum Gasteiger partial charge on any atom is -0.477 e. The van der Waals surface area contributed by atoms with Gasteiger partial charge in [0.25, 0.3) is 5.91 Å². The molecule has 7 heteroatoms. The maximum absolute atomic E-state index is 13.0. The van der Waals surface area contributed by atoms with Crippen molar-refractivity contribution in [1.29, 1.82) is 0 Å². The molecule has 2 aliphatic rings. The molecule has 1 fully saturated rings. The maximum Gasteiger partial charge on any atom is 0.352 e. The predicted molar refractivity (Wildman–Crippen MR) is 107 cm³/mol.